The molecule has 4 radical (unpaired) electrons. The van der Waals surface area contributed by atoms with E-state index >= 15 is 0 Å². The summed E-state index contributed by atoms with van der Waals surface area (Å²) < 4.78 is 77.3. The van der Waals surface area contributed by atoms with Gasteiger partial charge in [-0.05, 0) is 18.2 Å². The zero-order valence-corrected chi connectivity index (χ0v) is 12.7. The van der Waals surface area contributed by atoms with Crippen molar-refractivity contribution in [1.82, 2.24) is 0 Å². The molecule has 0 unspecified atom stereocenters. The normalized spacial score (nSPS) is 12.1. The molecule has 0 saturated heterocycles. The average Bonchev–Trinajstić information content (AvgIpc) is 2.48. The van der Waals surface area contributed by atoms with Gasteiger partial charge in [-0.1, -0.05) is 23.1 Å². The van der Waals surface area contributed by atoms with Crippen LogP contribution in [-0.4, -0.2) is 26.7 Å². The molecule has 132 valence electrons. The minimum absolute atomic E-state index is 0.0782. The van der Waals surface area contributed by atoms with Gasteiger partial charge in [0.2, 0.25) is 0 Å². The van der Waals surface area contributed by atoms with Gasteiger partial charge in [-0.25, -0.2) is 0 Å². The molecule has 0 aliphatic carbocycles. The number of carbonyl (C=O) groups excluding carboxylic acids is 1. The maximum Gasteiger partial charge on any atom is 0.418 e. The number of benzene rings is 2. The van der Waals surface area contributed by atoms with Crippen LogP contribution in [0.4, 0.5) is 32.0 Å². The third-order valence-corrected chi connectivity index (χ3v) is 3.31. The number of rotatable bonds is 2. The molecule has 0 saturated carbocycles. The highest BCUT2D eigenvalue weighted by atomic mass is 19.4. The van der Waals surface area contributed by atoms with Crippen LogP contribution in [-0.2, 0) is 12.4 Å². The van der Waals surface area contributed by atoms with Crippen molar-refractivity contribution in [3.8, 4) is 5.75 Å². The average molecular weight is 369 g/mol. The molecule has 2 aromatic carbocycles. The molecule has 0 aromatic heterocycles. The van der Waals surface area contributed by atoms with Crippen LogP contribution < -0.4 is 16.2 Å². The fourth-order valence-electron chi connectivity index (χ4n) is 2.11. The number of anilines is 1. The Bertz CT molecular complexity index is 864. The van der Waals surface area contributed by atoms with Crippen molar-refractivity contribution in [3.05, 3.63) is 47.0 Å². The Morgan fingerprint density at radius 1 is 0.962 bits per heavy atom. The van der Waals surface area contributed by atoms with Crippen LogP contribution in [0.3, 0.4) is 0 Å². The Morgan fingerprint density at radius 2 is 1.58 bits per heavy atom. The number of phenolic OH excluding ortho intramolecular Hbond substituents is 1. The Hall–Kier alpha value is -2.58. The number of carbonyl (C=O) groups is 1. The fourth-order valence-corrected chi connectivity index (χ4v) is 2.11. The van der Waals surface area contributed by atoms with Crippen LogP contribution in [0.1, 0.15) is 21.5 Å². The summed E-state index contributed by atoms with van der Waals surface area (Å²) in [6, 6.07) is 2.60. The first-order valence-electron chi connectivity index (χ1n) is 6.78. The minimum Gasteiger partial charge on any atom is -0.508 e. The predicted octanol–water partition coefficient (Wildman–Crippen LogP) is 2.27. The molecule has 0 atom stereocenters. The largest absolute Gasteiger partial charge is 0.508 e. The van der Waals surface area contributed by atoms with E-state index < -0.39 is 46.4 Å². The molecular weight excluding hydrogens is 362 g/mol. The second-order valence-corrected chi connectivity index (χ2v) is 5.22. The lowest BCUT2D eigenvalue weighted by Gasteiger charge is -2.17. The van der Waals surface area contributed by atoms with E-state index in [4.69, 9.17) is 15.7 Å². The molecule has 3 nitrogen and oxygen atoms in total. The van der Waals surface area contributed by atoms with Crippen LogP contribution in [0, 0.1) is 0 Å². The van der Waals surface area contributed by atoms with Crippen molar-refractivity contribution in [2.45, 2.75) is 12.4 Å². The molecule has 26 heavy (non-hydrogen) atoms. The van der Waals surface area contributed by atoms with Gasteiger partial charge in [-0.3, -0.25) is 4.79 Å². The van der Waals surface area contributed by atoms with Gasteiger partial charge >= 0.3 is 12.4 Å². The first-order chi connectivity index (χ1) is 11.8. The van der Waals surface area contributed by atoms with Gasteiger partial charge in [-0.2, -0.15) is 26.3 Å². The summed E-state index contributed by atoms with van der Waals surface area (Å²) in [6.07, 6.45) is -9.95. The van der Waals surface area contributed by atoms with E-state index in [2.05, 4.69) is 0 Å². The molecule has 11 heteroatoms. The number of hydrogen-bond acceptors (Lipinski definition) is 2. The van der Waals surface area contributed by atoms with E-state index in [0.29, 0.717) is 0 Å². The summed E-state index contributed by atoms with van der Waals surface area (Å²) in [7, 11) is 10.8. The lowest BCUT2D eigenvalue weighted by Crippen LogP contribution is -2.23. The molecule has 0 spiro atoms. The van der Waals surface area contributed by atoms with E-state index in [1.807, 2.05) is 0 Å². The van der Waals surface area contributed by atoms with Gasteiger partial charge in [-0.15, -0.1) is 0 Å². The topological polar surface area (TPSA) is 49.3 Å². The molecule has 0 aliphatic heterocycles. The summed E-state index contributed by atoms with van der Waals surface area (Å²) in [5, 5.41) is 11.5. The van der Waals surface area contributed by atoms with E-state index in [1.165, 1.54) is 0 Å². The molecular formula is C15H7B2F6NO2. The fraction of sp³-hybridized carbons (Fsp3) is 0.133. The number of alkyl halides is 6. The lowest BCUT2D eigenvalue weighted by atomic mass is 9.84. The van der Waals surface area contributed by atoms with Crippen LogP contribution >= 0.6 is 0 Å². The highest BCUT2D eigenvalue weighted by molar-refractivity contribution is 6.40. The van der Waals surface area contributed by atoms with Gasteiger partial charge in [0.05, 0.1) is 22.4 Å². The van der Waals surface area contributed by atoms with Gasteiger partial charge in [0.1, 0.15) is 21.4 Å². The van der Waals surface area contributed by atoms with Gasteiger partial charge in [0.15, 0.2) is 0 Å². The smallest absolute Gasteiger partial charge is 0.418 e. The van der Waals surface area contributed by atoms with E-state index in [-0.39, 0.29) is 29.1 Å². The molecule has 0 bridgehead atoms. The second kappa shape index (κ2) is 6.62. The SMILES string of the molecule is [B]c1cc([B])c(O)c(C(=O)Nc2cc(C(F)(F)F)ccc2C(F)(F)F)c1. The Kier molecular flexibility index (Phi) is 5.03. The van der Waals surface area contributed by atoms with E-state index in [1.54, 1.807) is 5.32 Å². The number of phenols is 1. The number of hydrogen-bond donors (Lipinski definition) is 2. The molecule has 1 amide bonds. The molecule has 2 rings (SSSR count). The van der Waals surface area contributed by atoms with Crippen molar-refractivity contribution in [2.75, 3.05) is 5.32 Å². The van der Waals surface area contributed by atoms with Crippen LogP contribution in [0.2, 0.25) is 0 Å². The standard InChI is InChI=1S/C15H7B2F6NO2/c16-7-4-8(12(25)10(17)5-7)13(26)24-11-3-6(14(18,19)20)1-2-9(11)15(21,22)23/h1-5,25H,(H,24,26). The first kappa shape index (κ1) is 19.7. The maximum absolute atomic E-state index is 13.0. The van der Waals surface area contributed by atoms with Crippen LogP contribution in [0.25, 0.3) is 0 Å². The van der Waals surface area contributed by atoms with Crippen molar-refractivity contribution < 1.29 is 36.2 Å². The van der Waals surface area contributed by atoms with E-state index in [0.717, 1.165) is 12.1 Å². The zero-order valence-electron chi connectivity index (χ0n) is 12.7. The quantitative estimate of drug-likeness (QED) is 0.631. The first-order valence-corrected chi connectivity index (χ1v) is 6.78. The monoisotopic (exact) mass is 369 g/mol. The molecule has 2 aromatic rings. The van der Waals surface area contributed by atoms with Gasteiger partial charge in [0, 0.05) is 0 Å². The molecule has 0 fully saturated rings. The molecule has 0 heterocycles. The Balaban J connectivity index is 2.52. The summed E-state index contributed by atoms with van der Waals surface area (Å²) >= 11 is 0. The number of halogens is 6. The summed E-state index contributed by atoms with van der Waals surface area (Å²) in [4.78, 5) is 12.1. The molecule has 0 aliphatic rings. The Labute approximate surface area is 145 Å². The van der Waals surface area contributed by atoms with Crippen LogP contribution in [0.5, 0.6) is 5.75 Å². The number of aromatic hydroxyl groups is 1. The van der Waals surface area contributed by atoms with Crippen LogP contribution in [0.15, 0.2) is 30.3 Å². The third-order valence-electron chi connectivity index (χ3n) is 3.31. The van der Waals surface area contributed by atoms with E-state index in [9.17, 15) is 36.2 Å². The third kappa shape index (κ3) is 4.14. The summed E-state index contributed by atoms with van der Waals surface area (Å²) in [5.74, 6) is -2.08. The lowest BCUT2D eigenvalue weighted by molar-refractivity contribution is -0.140. The van der Waals surface area contributed by atoms with Crippen molar-refractivity contribution >= 4 is 38.2 Å². The maximum atomic E-state index is 13.0. The predicted molar refractivity (Wildman–Crippen MR) is 83.3 cm³/mol. The van der Waals surface area contributed by atoms with Gasteiger partial charge < -0.3 is 10.4 Å². The zero-order chi connectivity index (χ0) is 19.9. The Morgan fingerprint density at radius 3 is 2.12 bits per heavy atom. The minimum atomic E-state index is -5.02. The highest BCUT2D eigenvalue weighted by Crippen LogP contribution is 2.39. The highest BCUT2D eigenvalue weighted by Gasteiger charge is 2.37. The van der Waals surface area contributed by atoms with Crippen molar-refractivity contribution in [2.24, 2.45) is 0 Å². The second-order valence-electron chi connectivity index (χ2n) is 5.22. The molecule has 2 N–H and O–H groups in total. The summed E-state index contributed by atoms with van der Waals surface area (Å²) in [5.41, 5.74) is -5.00. The number of amides is 1. The van der Waals surface area contributed by atoms with Gasteiger partial charge in [0.25, 0.3) is 5.91 Å². The van der Waals surface area contributed by atoms with Crippen molar-refractivity contribution in [1.29, 1.82) is 0 Å². The number of nitrogens with one attached hydrogen (secondary N) is 1. The summed E-state index contributed by atoms with van der Waals surface area (Å²) in [6.45, 7) is 0. The van der Waals surface area contributed by atoms with Crippen molar-refractivity contribution in [3.63, 3.8) is 0 Å².